The van der Waals surface area contributed by atoms with Crippen LogP contribution in [-0.4, -0.2) is 53.4 Å². The smallest absolute Gasteiger partial charge is 0.310 e. The first-order chi connectivity index (χ1) is 11.7. The number of hydrogen-bond donors (Lipinski definition) is 0. The quantitative estimate of drug-likeness (QED) is 0.645. The van der Waals surface area contributed by atoms with Crippen molar-refractivity contribution in [2.75, 3.05) is 43.1 Å². The molecule has 2 aromatic heterocycles. The molecule has 8 heteroatoms. The van der Waals surface area contributed by atoms with Gasteiger partial charge in [0.05, 0.1) is 14.2 Å². The number of hydrogen-bond acceptors (Lipinski definition) is 6. The van der Waals surface area contributed by atoms with Gasteiger partial charge in [0, 0.05) is 48.6 Å². The molecule has 1 aliphatic heterocycles. The van der Waals surface area contributed by atoms with Crippen molar-refractivity contribution in [1.82, 2.24) is 20.2 Å². The van der Waals surface area contributed by atoms with Crippen LogP contribution in [0.4, 0.5) is 11.5 Å². The topological polar surface area (TPSA) is 62.7 Å². The third-order valence-electron chi connectivity index (χ3n) is 4.40. The number of nitrogens with zero attached hydrogens (tertiary/aromatic N) is 7. The third kappa shape index (κ3) is 2.60. The second-order valence-corrected chi connectivity index (χ2v) is 5.82. The maximum Gasteiger partial charge on any atom is 0.310 e. The normalized spacial score (nSPS) is 15.1. The van der Waals surface area contributed by atoms with Crippen LogP contribution < -0.4 is 19.2 Å². The Morgan fingerprint density at radius 3 is 2.62 bits per heavy atom. The molecule has 124 valence electrons. The first-order valence-electron chi connectivity index (χ1n) is 7.97. The Morgan fingerprint density at radius 1 is 1.04 bits per heavy atom. The van der Waals surface area contributed by atoms with Gasteiger partial charge < -0.3 is 14.5 Å². The van der Waals surface area contributed by atoms with E-state index in [4.69, 9.17) is 4.74 Å². The maximum absolute atomic E-state index is 5.31. The van der Waals surface area contributed by atoms with Crippen LogP contribution in [0.1, 0.15) is 0 Å². The number of ether oxygens (including phenoxy) is 1. The molecule has 0 saturated carbocycles. The highest BCUT2D eigenvalue weighted by Gasteiger charge is 2.21. The molecule has 24 heavy (non-hydrogen) atoms. The Balaban J connectivity index is 1.48. The molecule has 3 heterocycles. The number of piperazine rings is 1. The average Bonchev–Trinajstić information content (AvgIpc) is 3.02. The van der Waals surface area contributed by atoms with Gasteiger partial charge in [0.1, 0.15) is 11.0 Å². The lowest BCUT2D eigenvalue weighted by Crippen LogP contribution is -2.47. The molecule has 4 rings (SSSR count). The highest BCUT2D eigenvalue weighted by atomic mass is 16.5. The number of methoxy groups -OCH3 is 1. The van der Waals surface area contributed by atoms with Gasteiger partial charge in [-0.2, -0.15) is 0 Å². The number of rotatable bonds is 3. The van der Waals surface area contributed by atoms with Gasteiger partial charge in [0.2, 0.25) is 0 Å². The van der Waals surface area contributed by atoms with Crippen molar-refractivity contribution in [2.45, 2.75) is 0 Å². The fourth-order valence-electron chi connectivity index (χ4n) is 3.01. The fraction of sp³-hybridized carbons (Fsp3) is 0.375. The minimum Gasteiger partial charge on any atom is -0.497 e. The lowest BCUT2D eigenvalue weighted by molar-refractivity contribution is -0.707. The van der Waals surface area contributed by atoms with E-state index in [0.29, 0.717) is 0 Å². The summed E-state index contributed by atoms with van der Waals surface area (Å²) in [5.41, 5.74) is 2.06. The van der Waals surface area contributed by atoms with Gasteiger partial charge in [0.25, 0.3) is 0 Å². The van der Waals surface area contributed by atoms with Crippen LogP contribution >= 0.6 is 0 Å². The van der Waals surface area contributed by atoms with E-state index in [-0.39, 0.29) is 0 Å². The van der Waals surface area contributed by atoms with Crippen LogP contribution in [0.3, 0.4) is 0 Å². The summed E-state index contributed by atoms with van der Waals surface area (Å²) in [7, 11) is 3.56. The van der Waals surface area contributed by atoms with Gasteiger partial charge in [-0.15, -0.1) is 4.68 Å². The van der Waals surface area contributed by atoms with Crippen molar-refractivity contribution < 1.29 is 9.42 Å². The number of fused-ring (bicyclic) bond motifs is 1. The molecular weight excluding hydrogens is 306 g/mol. The number of tetrazole rings is 1. The summed E-state index contributed by atoms with van der Waals surface area (Å²) in [6, 6.07) is 12.2. The van der Waals surface area contributed by atoms with E-state index in [1.54, 1.807) is 16.4 Å². The summed E-state index contributed by atoms with van der Waals surface area (Å²) in [6.07, 6.45) is 0. The van der Waals surface area contributed by atoms with E-state index in [1.807, 2.05) is 31.3 Å². The van der Waals surface area contributed by atoms with Crippen LogP contribution in [-0.2, 0) is 7.05 Å². The summed E-state index contributed by atoms with van der Waals surface area (Å²) in [6.45, 7) is 3.71. The summed E-state index contributed by atoms with van der Waals surface area (Å²) in [4.78, 5) is 4.64. The maximum atomic E-state index is 5.31. The predicted octanol–water partition coefficient (Wildman–Crippen LogP) is 0.284. The highest BCUT2D eigenvalue weighted by molar-refractivity contribution is 5.53. The minimum absolute atomic E-state index is 0.869. The molecule has 0 N–H and O–H groups in total. The molecule has 1 aromatic carbocycles. The predicted molar refractivity (Wildman–Crippen MR) is 89.4 cm³/mol. The standard InChI is InChI=1S/C16H20N7O/c1-20-16-7-6-15(17-23(16)19-18-20)22-10-8-21(9-11-22)13-4-3-5-14(12-13)24-2/h3-7,12H,8-11H2,1-2H3/q+1. The zero-order valence-corrected chi connectivity index (χ0v) is 13.8. The van der Waals surface area contributed by atoms with Gasteiger partial charge in [-0.1, -0.05) is 11.2 Å². The number of aryl methyl sites for hydroxylation is 1. The van der Waals surface area contributed by atoms with Crippen molar-refractivity contribution in [3.8, 4) is 5.75 Å². The molecule has 8 nitrogen and oxygen atoms in total. The Labute approximate surface area is 139 Å². The summed E-state index contributed by atoms with van der Waals surface area (Å²) >= 11 is 0. The molecule has 1 saturated heterocycles. The zero-order chi connectivity index (χ0) is 16.5. The monoisotopic (exact) mass is 326 g/mol. The SMILES string of the molecule is COc1cccc(N2CCN(c3ccc4n(nn[n+]4C)n3)CC2)c1. The second kappa shape index (κ2) is 5.95. The molecule has 0 spiro atoms. The minimum atomic E-state index is 0.869. The van der Waals surface area contributed by atoms with Crippen molar-refractivity contribution in [2.24, 2.45) is 7.05 Å². The molecule has 3 aromatic rings. The third-order valence-corrected chi connectivity index (χ3v) is 4.40. The second-order valence-electron chi connectivity index (χ2n) is 5.82. The summed E-state index contributed by atoms with van der Waals surface area (Å²) in [5.74, 6) is 1.82. The van der Waals surface area contributed by atoms with E-state index in [2.05, 4.69) is 37.5 Å². The summed E-state index contributed by atoms with van der Waals surface area (Å²) < 4.78 is 8.59. The first-order valence-corrected chi connectivity index (χ1v) is 7.97. The lowest BCUT2D eigenvalue weighted by atomic mass is 10.2. The zero-order valence-electron chi connectivity index (χ0n) is 13.8. The van der Waals surface area contributed by atoms with E-state index in [9.17, 15) is 0 Å². The van der Waals surface area contributed by atoms with Gasteiger partial charge in [-0.25, -0.2) is 0 Å². The van der Waals surface area contributed by atoms with Gasteiger partial charge in [0.15, 0.2) is 11.0 Å². The van der Waals surface area contributed by atoms with Crippen LogP contribution in [0, 0.1) is 0 Å². The molecule has 0 radical (unpaired) electrons. The Kier molecular flexibility index (Phi) is 3.64. The molecule has 0 amide bonds. The van der Waals surface area contributed by atoms with E-state index >= 15 is 0 Å². The molecule has 0 aliphatic carbocycles. The van der Waals surface area contributed by atoms with Crippen LogP contribution in [0.2, 0.25) is 0 Å². The molecule has 0 unspecified atom stereocenters. The van der Waals surface area contributed by atoms with Crippen molar-refractivity contribution >= 4 is 17.2 Å². The van der Waals surface area contributed by atoms with Crippen molar-refractivity contribution in [3.05, 3.63) is 36.4 Å². The molecular formula is C16H20N7O+. The van der Waals surface area contributed by atoms with Crippen LogP contribution in [0.15, 0.2) is 36.4 Å². The Bertz CT molecular complexity index is 855. The van der Waals surface area contributed by atoms with E-state index < -0.39 is 0 Å². The molecule has 1 fully saturated rings. The van der Waals surface area contributed by atoms with Gasteiger partial charge in [-0.3, -0.25) is 0 Å². The lowest BCUT2D eigenvalue weighted by Gasteiger charge is -2.36. The number of aromatic nitrogens is 5. The van der Waals surface area contributed by atoms with E-state index in [0.717, 1.165) is 43.4 Å². The fourth-order valence-corrected chi connectivity index (χ4v) is 3.01. The molecule has 1 aliphatic rings. The van der Waals surface area contributed by atoms with Crippen LogP contribution in [0.25, 0.3) is 5.65 Å². The Hall–Kier alpha value is -2.90. The highest BCUT2D eigenvalue weighted by Crippen LogP contribution is 2.23. The largest absolute Gasteiger partial charge is 0.497 e. The van der Waals surface area contributed by atoms with Crippen LogP contribution in [0.5, 0.6) is 5.75 Å². The van der Waals surface area contributed by atoms with E-state index in [1.165, 1.54) is 5.69 Å². The molecule has 0 bridgehead atoms. The van der Waals surface area contributed by atoms with Crippen molar-refractivity contribution in [1.29, 1.82) is 0 Å². The first kappa shape index (κ1) is 14.7. The average molecular weight is 326 g/mol. The number of benzene rings is 1. The number of anilines is 2. The Morgan fingerprint density at radius 2 is 1.83 bits per heavy atom. The van der Waals surface area contributed by atoms with Gasteiger partial charge in [-0.05, 0) is 18.2 Å². The van der Waals surface area contributed by atoms with Crippen molar-refractivity contribution in [3.63, 3.8) is 0 Å². The summed E-state index contributed by atoms with van der Waals surface area (Å²) in [5, 5.41) is 12.6. The van der Waals surface area contributed by atoms with Gasteiger partial charge >= 0.3 is 5.65 Å². The molecule has 0 atom stereocenters.